The fourth-order valence-corrected chi connectivity index (χ4v) is 1.74. The van der Waals surface area contributed by atoms with Gasteiger partial charge in [-0.2, -0.15) is 0 Å². The van der Waals surface area contributed by atoms with Crippen molar-refractivity contribution in [2.45, 2.75) is 6.92 Å². The van der Waals surface area contributed by atoms with Crippen LogP contribution in [-0.2, 0) is 0 Å². The molecule has 0 aliphatic rings. The maximum Gasteiger partial charge on any atom is 0.224 e. The molecule has 0 aliphatic carbocycles. The molecule has 0 saturated carbocycles. The zero-order valence-electron chi connectivity index (χ0n) is 9.87. The molecule has 2 rings (SSSR count). The minimum atomic E-state index is -0.196. The summed E-state index contributed by atoms with van der Waals surface area (Å²) in [6.45, 7) is 5.45. The zero-order chi connectivity index (χ0) is 13.1. The van der Waals surface area contributed by atoms with Crippen LogP contribution in [-0.4, -0.2) is 4.98 Å². The lowest BCUT2D eigenvalue weighted by atomic mass is 10.2. The largest absolute Gasteiger partial charge is 0.451 e. The normalized spacial score (nSPS) is 10.1. The van der Waals surface area contributed by atoms with Crippen molar-refractivity contribution in [1.29, 1.82) is 0 Å². The predicted molar refractivity (Wildman–Crippen MR) is 73.4 cm³/mol. The highest BCUT2D eigenvalue weighted by molar-refractivity contribution is 6.30. The molecule has 18 heavy (non-hydrogen) atoms. The smallest absolute Gasteiger partial charge is 0.224 e. The molecule has 1 aromatic carbocycles. The molecule has 0 fully saturated rings. The van der Waals surface area contributed by atoms with Gasteiger partial charge in [-0.1, -0.05) is 18.2 Å². The van der Waals surface area contributed by atoms with Gasteiger partial charge in [-0.3, -0.25) is 4.79 Å². The van der Waals surface area contributed by atoms with Gasteiger partial charge in [0.15, 0.2) is 5.75 Å². The highest BCUT2D eigenvalue weighted by atomic mass is 35.5. The Morgan fingerprint density at radius 2 is 2.11 bits per heavy atom. The van der Waals surface area contributed by atoms with Gasteiger partial charge in [0.25, 0.3) is 0 Å². The Labute approximate surface area is 110 Å². The lowest BCUT2D eigenvalue weighted by molar-refractivity contribution is 0.472. The highest BCUT2D eigenvalue weighted by Gasteiger charge is 2.05. The molecular weight excluding hydrogens is 250 g/mol. The molecule has 0 bridgehead atoms. The van der Waals surface area contributed by atoms with E-state index in [2.05, 4.69) is 11.6 Å². The number of ether oxygens (including phenoxy) is 1. The number of pyridine rings is 1. The van der Waals surface area contributed by atoms with Crippen LogP contribution in [0, 0.1) is 6.92 Å². The van der Waals surface area contributed by atoms with E-state index in [0.717, 1.165) is 5.56 Å². The van der Waals surface area contributed by atoms with Gasteiger partial charge < -0.3 is 9.72 Å². The number of aryl methyl sites for hydroxylation is 1. The van der Waals surface area contributed by atoms with E-state index in [-0.39, 0.29) is 11.2 Å². The molecule has 0 aliphatic heterocycles. The Bertz CT molecular complexity index is 646. The number of benzene rings is 1. The Balaban J connectivity index is 2.34. The van der Waals surface area contributed by atoms with Crippen molar-refractivity contribution in [2.75, 3.05) is 0 Å². The number of halogens is 1. The molecule has 1 heterocycles. The molecule has 0 radical (unpaired) electrons. The summed E-state index contributed by atoms with van der Waals surface area (Å²) in [6.07, 6.45) is 3.09. The number of aromatic nitrogens is 1. The van der Waals surface area contributed by atoms with Crippen molar-refractivity contribution >= 4 is 17.7 Å². The molecule has 92 valence electrons. The van der Waals surface area contributed by atoms with Crippen LogP contribution in [0.2, 0.25) is 5.02 Å². The van der Waals surface area contributed by atoms with E-state index in [1.807, 2.05) is 6.92 Å². The van der Waals surface area contributed by atoms with E-state index in [0.29, 0.717) is 16.5 Å². The van der Waals surface area contributed by atoms with Crippen LogP contribution >= 0.6 is 11.6 Å². The number of hydrogen-bond donors (Lipinski definition) is 1. The van der Waals surface area contributed by atoms with Crippen LogP contribution in [0.3, 0.4) is 0 Å². The van der Waals surface area contributed by atoms with E-state index in [1.165, 1.54) is 12.3 Å². The Morgan fingerprint density at radius 1 is 1.33 bits per heavy atom. The average Bonchev–Trinajstić information content (AvgIpc) is 2.34. The van der Waals surface area contributed by atoms with E-state index < -0.39 is 0 Å². The van der Waals surface area contributed by atoms with Crippen molar-refractivity contribution in [3.63, 3.8) is 0 Å². The van der Waals surface area contributed by atoms with Gasteiger partial charge in [0.2, 0.25) is 5.43 Å². The first-order chi connectivity index (χ1) is 8.60. The maximum atomic E-state index is 11.8. The molecule has 1 aromatic heterocycles. The monoisotopic (exact) mass is 261 g/mol. The fraction of sp³-hybridized carbons (Fsp3) is 0.0714. The summed E-state index contributed by atoms with van der Waals surface area (Å²) in [5.74, 6) is 0.849. The Morgan fingerprint density at radius 3 is 2.72 bits per heavy atom. The standard InChI is InChI=1S/C14H12ClNO2/c1-3-11-7-12(17)14(8-16-11)18-13-5-4-10(15)6-9(13)2/h3-8H,1H2,2H3,(H,16,17). The summed E-state index contributed by atoms with van der Waals surface area (Å²) in [5.41, 5.74) is 1.33. The molecule has 0 unspecified atom stereocenters. The van der Waals surface area contributed by atoms with Crippen molar-refractivity contribution in [2.24, 2.45) is 0 Å². The van der Waals surface area contributed by atoms with Gasteiger partial charge in [0.05, 0.1) is 0 Å². The minimum absolute atomic E-state index is 0.196. The van der Waals surface area contributed by atoms with Crippen molar-refractivity contribution in [1.82, 2.24) is 4.98 Å². The molecule has 0 saturated heterocycles. The van der Waals surface area contributed by atoms with Gasteiger partial charge in [0.1, 0.15) is 5.75 Å². The summed E-state index contributed by atoms with van der Waals surface area (Å²) >= 11 is 5.86. The van der Waals surface area contributed by atoms with Gasteiger partial charge in [0, 0.05) is 23.0 Å². The number of aromatic amines is 1. The second-order valence-electron chi connectivity index (χ2n) is 3.83. The van der Waals surface area contributed by atoms with Crippen molar-refractivity contribution < 1.29 is 4.74 Å². The number of rotatable bonds is 3. The van der Waals surface area contributed by atoms with Gasteiger partial charge in [-0.15, -0.1) is 0 Å². The van der Waals surface area contributed by atoms with Crippen LogP contribution in [0.25, 0.3) is 6.08 Å². The third-order valence-corrected chi connectivity index (χ3v) is 2.71. The lowest BCUT2D eigenvalue weighted by Gasteiger charge is -2.08. The van der Waals surface area contributed by atoms with Gasteiger partial charge in [-0.05, 0) is 36.8 Å². The van der Waals surface area contributed by atoms with Crippen LogP contribution in [0.4, 0.5) is 0 Å². The lowest BCUT2D eigenvalue weighted by Crippen LogP contribution is -2.05. The second kappa shape index (κ2) is 5.10. The van der Waals surface area contributed by atoms with Gasteiger partial charge >= 0.3 is 0 Å². The van der Waals surface area contributed by atoms with Crippen LogP contribution in [0.15, 0.2) is 41.8 Å². The number of H-pyrrole nitrogens is 1. The topological polar surface area (TPSA) is 42.1 Å². The quantitative estimate of drug-likeness (QED) is 0.914. The third-order valence-electron chi connectivity index (χ3n) is 2.48. The van der Waals surface area contributed by atoms with E-state index in [1.54, 1.807) is 24.3 Å². The van der Waals surface area contributed by atoms with Crippen molar-refractivity contribution in [3.8, 4) is 11.5 Å². The van der Waals surface area contributed by atoms with E-state index in [4.69, 9.17) is 16.3 Å². The molecule has 1 N–H and O–H groups in total. The number of nitrogens with one attached hydrogen (secondary N) is 1. The first-order valence-electron chi connectivity index (χ1n) is 5.39. The first kappa shape index (κ1) is 12.5. The molecule has 2 aromatic rings. The van der Waals surface area contributed by atoms with E-state index >= 15 is 0 Å². The minimum Gasteiger partial charge on any atom is -0.451 e. The van der Waals surface area contributed by atoms with Crippen molar-refractivity contribution in [3.05, 3.63) is 63.5 Å². The Kier molecular flexibility index (Phi) is 3.53. The summed E-state index contributed by atoms with van der Waals surface area (Å²) in [7, 11) is 0. The third kappa shape index (κ3) is 2.63. The molecule has 3 nitrogen and oxygen atoms in total. The first-order valence-corrected chi connectivity index (χ1v) is 5.77. The Hall–Kier alpha value is -2.00. The molecule has 4 heteroatoms. The second-order valence-corrected chi connectivity index (χ2v) is 4.27. The fourth-order valence-electron chi connectivity index (χ4n) is 1.52. The predicted octanol–water partition coefficient (Wildman–Crippen LogP) is 3.77. The molecule has 0 spiro atoms. The summed E-state index contributed by atoms with van der Waals surface area (Å²) in [6, 6.07) is 6.67. The average molecular weight is 262 g/mol. The van der Waals surface area contributed by atoms with Crippen LogP contribution in [0.1, 0.15) is 11.3 Å². The summed E-state index contributed by atoms with van der Waals surface area (Å²) in [4.78, 5) is 14.7. The van der Waals surface area contributed by atoms with Crippen LogP contribution in [0.5, 0.6) is 11.5 Å². The number of hydrogen-bond acceptors (Lipinski definition) is 2. The molecule has 0 amide bonds. The van der Waals surface area contributed by atoms with Gasteiger partial charge in [-0.25, -0.2) is 0 Å². The summed E-state index contributed by atoms with van der Waals surface area (Å²) < 4.78 is 5.56. The highest BCUT2D eigenvalue weighted by Crippen LogP contribution is 2.25. The maximum absolute atomic E-state index is 11.8. The molecular formula is C14H12ClNO2. The van der Waals surface area contributed by atoms with E-state index in [9.17, 15) is 4.79 Å². The molecule has 0 atom stereocenters. The SMILES string of the molecule is C=Cc1cc(=O)c(Oc2ccc(Cl)cc2C)c[nH]1. The zero-order valence-corrected chi connectivity index (χ0v) is 10.6. The summed E-state index contributed by atoms with van der Waals surface area (Å²) in [5, 5.41) is 0.635. The van der Waals surface area contributed by atoms with Crippen LogP contribution < -0.4 is 10.2 Å².